The molecule has 0 radical (unpaired) electrons. The smallest absolute Gasteiger partial charge is 0.312 e. The first-order chi connectivity index (χ1) is 10.6. The number of hydrogen-bond donors (Lipinski definition) is 1. The molecule has 2 aromatic rings. The number of para-hydroxylation sites is 1. The number of methoxy groups -OCH3 is 2. The lowest BCUT2D eigenvalue weighted by Crippen LogP contribution is -2.13. The van der Waals surface area contributed by atoms with E-state index in [4.69, 9.17) is 9.47 Å². The van der Waals surface area contributed by atoms with Crippen LogP contribution in [0.2, 0.25) is 0 Å². The molecule has 0 heterocycles. The van der Waals surface area contributed by atoms with Gasteiger partial charge in [-0.1, -0.05) is 12.1 Å². The van der Waals surface area contributed by atoms with Crippen LogP contribution in [0.1, 0.15) is 10.4 Å². The second-order valence-corrected chi connectivity index (χ2v) is 4.30. The van der Waals surface area contributed by atoms with Crippen LogP contribution in [0.4, 0.5) is 11.4 Å². The Balaban J connectivity index is 2.29. The van der Waals surface area contributed by atoms with Crippen LogP contribution < -0.4 is 14.8 Å². The van der Waals surface area contributed by atoms with Crippen molar-refractivity contribution in [2.75, 3.05) is 19.5 Å². The molecule has 7 nitrogen and oxygen atoms in total. The van der Waals surface area contributed by atoms with Crippen molar-refractivity contribution in [1.82, 2.24) is 0 Å². The monoisotopic (exact) mass is 302 g/mol. The zero-order valence-electron chi connectivity index (χ0n) is 12.0. The van der Waals surface area contributed by atoms with Crippen LogP contribution in [-0.2, 0) is 0 Å². The Morgan fingerprint density at radius 1 is 1.09 bits per heavy atom. The van der Waals surface area contributed by atoms with Gasteiger partial charge in [0, 0.05) is 11.8 Å². The van der Waals surface area contributed by atoms with Crippen molar-refractivity contribution in [1.29, 1.82) is 0 Å². The Kier molecular flexibility index (Phi) is 4.57. The van der Waals surface area contributed by atoms with Gasteiger partial charge in [-0.3, -0.25) is 14.9 Å². The fraction of sp³-hybridized carbons (Fsp3) is 0.133. The number of carbonyl (C=O) groups excluding carboxylic acids is 1. The van der Waals surface area contributed by atoms with Crippen molar-refractivity contribution < 1.29 is 19.2 Å². The number of hydrogen-bond acceptors (Lipinski definition) is 5. The topological polar surface area (TPSA) is 90.7 Å². The Bertz CT molecular complexity index is 715. The first-order valence-corrected chi connectivity index (χ1v) is 6.33. The maximum Gasteiger partial charge on any atom is 0.312 e. The van der Waals surface area contributed by atoms with Gasteiger partial charge in [0.2, 0.25) is 0 Å². The molecular formula is C15H14N2O5. The van der Waals surface area contributed by atoms with E-state index in [1.807, 2.05) is 0 Å². The molecule has 0 aliphatic heterocycles. The first kappa shape index (κ1) is 15.3. The molecular weight excluding hydrogens is 288 g/mol. The second kappa shape index (κ2) is 6.57. The molecule has 0 bridgehead atoms. The van der Waals surface area contributed by atoms with Gasteiger partial charge in [0.1, 0.15) is 5.75 Å². The summed E-state index contributed by atoms with van der Waals surface area (Å²) in [7, 11) is 2.81. The number of benzene rings is 2. The molecule has 0 aliphatic rings. The summed E-state index contributed by atoms with van der Waals surface area (Å²) >= 11 is 0. The fourth-order valence-electron chi connectivity index (χ4n) is 1.94. The molecule has 1 amide bonds. The molecule has 0 saturated carbocycles. The standard InChI is InChI=1S/C15H14N2O5/c1-21-13-6-4-3-5-11(13)15(18)16-10-7-8-14(22-2)12(9-10)17(19)20/h3-9H,1-2H3,(H,16,18). The molecule has 0 saturated heterocycles. The number of nitrogens with one attached hydrogen (secondary N) is 1. The van der Waals surface area contributed by atoms with Crippen molar-refractivity contribution in [3.63, 3.8) is 0 Å². The quantitative estimate of drug-likeness (QED) is 0.677. The fourth-order valence-corrected chi connectivity index (χ4v) is 1.94. The normalized spacial score (nSPS) is 9.91. The van der Waals surface area contributed by atoms with Gasteiger partial charge in [0.25, 0.3) is 5.91 Å². The predicted octanol–water partition coefficient (Wildman–Crippen LogP) is 2.86. The molecule has 2 rings (SSSR count). The third kappa shape index (κ3) is 3.14. The van der Waals surface area contributed by atoms with Gasteiger partial charge in [-0.15, -0.1) is 0 Å². The first-order valence-electron chi connectivity index (χ1n) is 6.33. The summed E-state index contributed by atoms with van der Waals surface area (Å²) in [4.78, 5) is 22.6. The van der Waals surface area contributed by atoms with Crippen LogP contribution in [-0.4, -0.2) is 25.1 Å². The van der Waals surface area contributed by atoms with Crippen molar-refractivity contribution in [3.05, 3.63) is 58.1 Å². The van der Waals surface area contributed by atoms with E-state index in [0.29, 0.717) is 17.0 Å². The van der Waals surface area contributed by atoms with Crippen LogP contribution in [0.15, 0.2) is 42.5 Å². The number of carbonyl (C=O) groups is 1. The number of rotatable bonds is 5. The molecule has 0 aliphatic carbocycles. The van der Waals surface area contributed by atoms with Gasteiger partial charge in [-0.25, -0.2) is 0 Å². The SMILES string of the molecule is COc1ccccc1C(=O)Nc1ccc(OC)c([N+](=O)[O-])c1. The molecule has 7 heteroatoms. The molecule has 0 unspecified atom stereocenters. The van der Waals surface area contributed by atoms with Crippen LogP contribution in [0.3, 0.4) is 0 Å². The Hall–Kier alpha value is -3.09. The average Bonchev–Trinajstić information content (AvgIpc) is 2.54. The van der Waals surface area contributed by atoms with Crippen molar-refractivity contribution in [2.24, 2.45) is 0 Å². The highest BCUT2D eigenvalue weighted by atomic mass is 16.6. The largest absolute Gasteiger partial charge is 0.496 e. The average molecular weight is 302 g/mol. The minimum absolute atomic E-state index is 0.125. The highest BCUT2D eigenvalue weighted by molar-refractivity contribution is 6.06. The van der Waals surface area contributed by atoms with Gasteiger partial charge in [-0.2, -0.15) is 0 Å². The lowest BCUT2D eigenvalue weighted by Gasteiger charge is -2.09. The highest BCUT2D eigenvalue weighted by Crippen LogP contribution is 2.30. The summed E-state index contributed by atoms with van der Waals surface area (Å²) in [6.45, 7) is 0. The summed E-state index contributed by atoms with van der Waals surface area (Å²) in [5, 5.41) is 13.6. The molecule has 0 spiro atoms. The van der Waals surface area contributed by atoms with E-state index in [1.165, 1.54) is 32.4 Å². The minimum Gasteiger partial charge on any atom is -0.496 e. The molecule has 1 N–H and O–H groups in total. The second-order valence-electron chi connectivity index (χ2n) is 4.30. The number of nitrogens with zero attached hydrogens (tertiary/aromatic N) is 1. The molecule has 0 aromatic heterocycles. The van der Waals surface area contributed by atoms with Gasteiger partial charge in [0.05, 0.1) is 24.7 Å². The summed E-state index contributed by atoms with van der Waals surface area (Å²) in [6, 6.07) is 10.9. The number of nitro groups is 1. The third-order valence-electron chi connectivity index (χ3n) is 2.99. The number of ether oxygens (including phenoxy) is 2. The van der Waals surface area contributed by atoms with E-state index in [1.54, 1.807) is 24.3 Å². The maximum absolute atomic E-state index is 12.2. The Morgan fingerprint density at radius 2 is 1.77 bits per heavy atom. The lowest BCUT2D eigenvalue weighted by molar-refractivity contribution is -0.385. The van der Waals surface area contributed by atoms with Gasteiger partial charge >= 0.3 is 5.69 Å². The number of anilines is 1. The summed E-state index contributed by atoms with van der Waals surface area (Å²) in [6.07, 6.45) is 0. The van der Waals surface area contributed by atoms with Gasteiger partial charge in [-0.05, 0) is 24.3 Å². The third-order valence-corrected chi connectivity index (χ3v) is 2.99. The number of amides is 1. The zero-order valence-corrected chi connectivity index (χ0v) is 12.0. The van der Waals surface area contributed by atoms with E-state index in [2.05, 4.69) is 5.32 Å². The van der Waals surface area contributed by atoms with Crippen LogP contribution in [0, 0.1) is 10.1 Å². The van der Waals surface area contributed by atoms with E-state index in [-0.39, 0.29) is 11.4 Å². The maximum atomic E-state index is 12.2. The van der Waals surface area contributed by atoms with Crippen LogP contribution in [0.25, 0.3) is 0 Å². The molecule has 0 fully saturated rings. The highest BCUT2D eigenvalue weighted by Gasteiger charge is 2.17. The van der Waals surface area contributed by atoms with E-state index in [0.717, 1.165) is 0 Å². The Labute approximate surface area is 126 Å². The molecule has 0 atom stereocenters. The van der Waals surface area contributed by atoms with Crippen molar-refractivity contribution in [2.45, 2.75) is 0 Å². The van der Waals surface area contributed by atoms with Crippen molar-refractivity contribution >= 4 is 17.3 Å². The molecule has 2 aromatic carbocycles. The lowest BCUT2D eigenvalue weighted by atomic mass is 10.1. The minimum atomic E-state index is -0.572. The van der Waals surface area contributed by atoms with E-state index >= 15 is 0 Å². The summed E-state index contributed by atoms with van der Waals surface area (Å²) < 4.78 is 10.0. The number of nitro benzene ring substituents is 1. The van der Waals surface area contributed by atoms with Gasteiger partial charge in [0.15, 0.2) is 5.75 Å². The van der Waals surface area contributed by atoms with Crippen LogP contribution >= 0.6 is 0 Å². The van der Waals surface area contributed by atoms with Gasteiger partial charge < -0.3 is 14.8 Å². The summed E-state index contributed by atoms with van der Waals surface area (Å²) in [5.74, 6) is 0.125. The molecule has 114 valence electrons. The molecule has 22 heavy (non-hydrogen) atoms. The predicted molar refractivity (Wildman–Crippen MR) is 80.6 cm³/mol. The van der Waals surface area contributed by atoms with E-state index < -0.39 is 10.8 Å². The van der Waals surface area contributed by atoms with E-state index in [9.17, 15) is 14.9 Å². The van der Waals surface area contributed by atoms with Crippen molar-refractivity contribution in [3.8, 4) is 11.5 Å². The summed E-state index contributed by atoms with van der Waals surface area (Å²) in [5.41, 5.74) is 0.409. The zero-order chi connectivity index (χ0) is 16.1. The van der Waals surface area contributed by atoms with Crippen LogP contribution in [0.5, 0.6) is 11.5 Å². The Morgan fingerprint density at radius 3 is 2.41 bits per heavy atom.